The number of amides is 1. The van der Waals surface area contributed by atoms with Crippen LogP contribution in [0.1, 0.15) is 0 Å². The standard InChI is InChI=1S/C27H23N3O5/c1-35-27(34)20-15-30(13-14-31)26(33)24(20)28-21-12-6-11-19-23(21)29-22-17(16-7-3-2-4-8-16)9-5-10-18(22)25(19)32/h2-12,28,31H,13-15H2,1H3,(H,29,32). The van der Waals surface area contributed by atoms with Crippen LogP contribution in [0.4, 0.5) is 5.69 Å². The van der Waals surface area contributed by atoms with Crippen molar-refractivity contribution in [1.82, 2.24) is 9.88 Å². The number of aliphatic hydroxyl groups excluding tert-OH is 1. The molecule has 1 amide bonds. The molecule has 8 heteroatoms. The lowest BCUT2D eigenvalue weighted by Crippen LogP contribution is -2.31. The number of carbonyl (C=O) groups excluding carboxylic acids is 2. The molecule has 8 nitrogen and oxygen atoms in total. The maximum absolute atomic E-state index is 13.4. The maximum Gasteiger partial charge on any atom is 0.337 e. The molecule has 3 aromatic carbocycles. The van der Waals surface area contributed by atoms with Crippen molar-refractivity contribution in [2.24, 2.45) is 0 Å². The van der Waals surface area contributed by atoms with E-state index in [9.17, 15) is 19.5 Å². The number of rotatable bonds is 6. The minimum Gasteiger partial charge on any atom is -0.466 e. The van der Waals surface area contributed by atoms with Gasteiger partial charge in [0.1, 0.15) is 5.70 Å². The Morgan fingerprint density at radius 3 is 2.43 bits per heavy atom. The van der Waals surface area contributed by atoms with Crippen molar-refractivity contribution < 1.29 is 19.4 Å². The molecule has 1 aliphatic heterocycles. The van der Waals surface area contributed by atoms with Crippen molar-refractivity contribution in [2.45, 2.75) is 0 Å². The highest BCUT2D eigenvalue weighted by Gasteiger charge is 2.34. The number of aromatic nitrogens is 1. The Hall–Kier alpha value is -4.43. The number of para-hydroxylation sites is 2. The van der Waals surface area contributed by atoms with E-state index in [2.05, 4.69) is 10.3 Å². The van der Waals surface area contributed by atoms with E-state index >= 15 is 0 Å². The molecule has 3 N–H and O–H groups in total. The van der Waals surface area contributed by atoms with Crippen LogP contribution in [0.15, 0.2) is 82.8 Å². The second-order valence-corrected chi connectivity index (χ2v) is 8.20. The molecule has 4 aromatic rings. The van der Waals surface area contributed by atoms with E-state index in [-0.39, 0.29) is 36.4 Å². The number of pyridine rings is 1. The molecule has 1 aromatic heterocycles. The molecule has 0 radical (unpaired) electrons. The minimum atomic E-state index is -0.633. The van der Waals surface area contributed by atoms with E-state index in [0.717, 1.165) is 11.1 Å². The Morgan fingerprint density at radius 2 is 1.71 bits per heavy atom. The fraction of sp³-hybridized carbons (Fsp3) is 0.148. The molecule has 0 saturated heterocycles. The van der Waals surface area contributed by atoms with Crippen LogP contribution in [0, 0.1) is 0 Å². The Morgan fingerprint density at radius 1 is 1.00 bits per heavy atom. The molecule has 0 aliphatic carbocycles. The van der Waals surface area contributed by atoms with Gasteiger partial charge in [0.15, 0.2) is 5.43 Å². The van der Waals surface area contributed by atoms with Gasteiger partial charge in [0.05, 0.1) is 42.6 Å². The molecule has 35 heavy (non-hydrogen) atoms. The number of aliphatic hydroxyl groups is 1. The van der Waals surface area contributed by atoms with E-state index < -0.39 is 11.9 Å². The smallest absolute Gasteiger partial charge is 0.337 e. The number of nitrogens with zero attached hydrogens (tertiary/aromatic N) is 1. The van der Waals surface area contributed by atoms with Gasteiger partial charge in [-0.05, 0) is 23.8 Å². The highest BCUT2D eigenvalue weighted by Crippen LogP contribution is 2.31. The van der Waals surface area contributed by atoms with Gasteiger partial charge in [0.25, 0.3) is 5.91 Å². The zero-order chi connectivity index (χ0) is 24.5. The van der Waals surface area contributed by atoms with Crippen molar-refractivity contribution in [3.8, 4) is 11.1 Å². The molecule has 0 saturated carbocycles. The summed E-state index contributed by atoms with van der Waals surface area (Å²) in [4.78, 5) is 43.6. The summed E-state index contributed by atoms with van der Waals surface area (Å²) in [6.07, 6.45) is 0. The Balaban J connectivity index is 1.70. The zero-order valence-corrected chi connectivity index (χ0v) is 19.0. The van der Waals surface area contributed by atoms with E-state index in [1.165, 1.54) is 12.0 Å². The summed E-state index contributed by atoms with van der Waals surface area (Å²) in [5.41, 5.74) is 3.58. The third kappa shape index (κ3) is 3.83. The summed E-state index contributed by atoms with van der Waals surface area (Å²) in [7, 11) is 1.25. The number of hydrogen-bond donors (Lipinski definition) is 3. The summed E-state index contributed by atoms with van der Waals surface area (Å²) in [5, 5.41) is 13.4. The quantitative estimate of drug-likeness (QED) is 0.296. The van der Waals surface area contributed by atoms with Crippen LogP contribution in [0.5, 0.6) is 0 Å². The first-order valence-electron chi connectivity index (χ1n) is 11.1. The molecule has 1 aliphatic rings. The van der Waals surface area contributed by atoms with Crippen LogP contribution in [-0.4, -0.2) is 53.7 Å². The van der Waals surface area contributed by atoms with Crippen LogP contribution >= 0.6 is 0 Å². The predicted molar refractivity (Wildman–Crippen MR) is 134 cm³/mol. The van der Waals surface area contributed by atoms with Gasteiger partial charge in [-0.2, -0.15) is 0 Å². The number of H-pyrrole nitrogens is 1. The number of esters is 1. The van der Waals surface area contributed by atoms with Gasteiger partial charge in [0.2, 0.25) is 0 Å². The zero-order valence-electron chi connectivity index (χ0n) is 19.0. The predicted octanol–water partition coefficient (Wildman–Crippen LogP) is 3.02. The largest absolute Gasteiger partial charge is 0.466 e. The number of β-amino-alcohol motifs (C(OH)–C–C–N with tert-alkyl or cyclic N) is 1. The number of methoxy groups -OCH3 is 1. The average molecular weight is 469 g/mol. The Labute approximate surface area is 200 Å². The molecular weight excluding hydrogens is 446 g/mol. The van der Waals surface area contributed by atoms with Crippen LogP contribution in [0.25, 0.3) is 32.9 Å². The third-order valence-corrected chi connectivity index (χ3v) is 6.17. The van der Waals surface area contributed by atoms with Crippen molar-refractivity contribution in [1.29, 1.82) is 0 Å². The lowest BCUT2D eigenvalue weighted by atomic mass is 10.0. The second-order valence-electron chi connectivity index (χ2n) is 8.20. The normalized spacial score (nSPS) is 13.7. The highest BCUT2D eigenvalue weighted by atomic mass is 16.5. The van der Waals surface area contributed by atoms with E-state index in [0.29, 0.717) is 27.5 Å². The third-order valence-electron chi connectivity index (χ3n) is 6.17. The van der Waals surface area contributed by atoms with Gasteiger partial charge >= 0.3 is 5.97 Å². The molecular formula is C27H23N3O5. The fourth-order valence-corrected chi connectivity index (χ4v) is 4.47. The van der Waals surface area contributed by atoms with Crippen molar-refractivity contribution >= 4 is 39.4 Å². The number of fused-ring (bicyclic) bond motifs is 2. The summed E-state index contributed by atoms with van der Waals surface area (Å²) < 4.78 is 4.87. The Bertz CT molecular complexity index is 1560. The first-order chi connectivity index (χ1) is 17.0. The van der Waals surface area contributed by atoms with E-state index in [4.69, 9.17) is 4.74 Å². The van der Waals surface area contributed by atoms with E-state index in [1.807, 2.05) is 42.5 Å². The van der Waals surface area contributed by atoms with Gasteiger partial charge in [-0.15, -0.1) is 0 Å². The minimum absolute atomic E-state index is 0.0246. The average Bonchev–Trinajstić information content (AvgIpc) is 3.19. The molecule has 0 unspecified atom stereocenters. The summed E-state index contributed by atoms with van der Waals surface area (Å²) in [6, 6.07) is 20.5. The first kappa shape index (κ1) is 22.4. The van der Waals surface area contributed by atoms with Crippen LogP contribution < -0.4 is 10.7 Å². The number of aromatic amines is 1. The van der Waals surface area contributed by atoms with Gasteiger partial charge in [-0.25, -0.2) is 4.79 Å². The first-order valence-corrected chi connectivity index (χ1v) is 11.1. The molecule has 0 spiro atoms. The SMILES string of the molecule is COC(=O)C1=C(Nc2cccc3c(=O)c4cccc(-c5ccccc5)c4[nH]c23)C(=O)N(CCO)C1. The van der Waals surface area contributed by atoms with Gasteiger partial charge in [-0.3, -0.25) is 9.59 Å². The van der Waals surface area contributed by atoms with Gasteiger partial charge in [0, 0.05) is 22.9 Å². The number of nitrogens with one attached hydrogen (secondary N) is 2. The van der Waals surface area contributed by atoms with Gasteiger partial charge in [-0.1, -0.05) is 48.5 Å². The van der Waals surface area contributed by atoms with Crippen LogP contribution in [-0.2, 0) is 14.3 Å². The van der Waals surface area contributed by atoms with Crippen molar-refractivity contribution in [3.63, 3.8) is 0 Å². The fourth-order valence-electron chi connectivity index (χ4n) is 4.47. The second kappa shape index (κ2) is 9.08. The highest BCUT2D eigenvalue weighted by molar-refractivity contribution is 6.10. The molecule has 5 rings (SSSR count). The molecule has 0 bridgehead atoms. The number of ether oxygens (including phenoxy) is 1. The number of hydrogen-bond acceptors (Lipinski definition) is 6. The molecule has 0 fully saturated rings. The maximum atomic E-state index is 13.4. The molecule has 176 valence electrons. The van der Waals surface area contributed by atoms with E-state index in [1.54, 1.807) is 24.3 Å². The van der Waals surface area contributed by atoms with Crippen LogP contribution in [0.3, 0.4) is 0 Å². The van der Waals surface area contributed by atoms with Gasteiger partial charge < -0.3 is 25.0 Å². The monoisotopic (exact) mass is 469 g/mol. The number of carbonyl (C=O) groups is 2. The van der Waals surface area contributed by atoms with Crippen LogP contribution in [0.2, 0.25) is 0 Å². The molecule has 2 heterocycles. The summed E-state index contributed by atoms with van der Waals surface area (Å²) in [5.74, 6) is -1.06. The lowest BCUT2D eigenvalue weighted by Gasteiger charge is -2.16. The Kier molecular flexibility index (Phi) is 5.80. The summed E-state index contributed by atoms with van der Waals surface area (Å²) >= 11 is 0. The number of anilines is 1. The summed E-state index contributed by atoms with van der Waals surface area (Å²) in [6.45, 7) is -0.123. The number of benzene rings is 3. The topological polar surface area (TPSA) is 112 Å². The molecule has 0 atom stereocenters. The lowest BCUT2D eigenvalue weighted by molar-refractivity contribution is -0.136. The van der Waals surface area contributed by atoms with Crippen molar-refractivity contribution in [2.75, 3.05) is 32.1 Å². The van der Waals surface area contributed by atoms with Crippen molar-refractivity contribution in [3.05, 3.63) is 88.2 Å².